The Bertz CT molecular complexity index is 1340. The van der Waals surface area contributed by atoms with Gasteiger partial charge in [-0.15, -0.1) is 0 Å². The quantitative estimate of drug-likeness (QED) is 0.253. The highest BCUT2D eigenvalue weighted by molar-refractivity contribution is 6.39. The van der Waals surface area contributed by atoms with Crippen molar-refractivity contribution >= 4 is 35.3 Å². The van der Waals surface area contributed by atoms with Crippen molar-refractivity contribution in [2.75, 3.05) is 19.1 Å². The highest BCUT2D eigenvalue weighted by Gasteiger charge is 2.37. The van der Waals surface area contributed by atoms with E-state index < -0.39 is 22.8 Å². The number of nitro benzene ring substituents is 1. The molecule has 4 rings (SSSR count). The molecule has 34 heavy (non-hydrogen) atoms. The van der Waals surface area contributed by atoms with Crippen LogP contribution < -0.4 is 19.7 Å². The van der Waals surface area contributed by atoms with Crippen LogP contribution in [-0.4, -0.2) is 37.0 Å². The first-order chi connectivity index (χ1) is 16.3. The predicted molar refractivity (Wildman–Crippen MR) is 119 cm³/mol. The third-order valence-corrected chi connectivity index (χ3v) is 5.01. The molecule has 1 fully saturated rings. The molecule has 3 aromatic rings. The number of nitrogens with zero attached hydrogens (tertiary/aromatic N) is 2. The van der Waals surface area contributed by atoms with E-state index in [-0.39, 0.29) is 28.5 Å². The fourth-order valence-corrected chi connectivity index (χ4v) is 3.34. The lowest BCUT2D eigenvalue weighted by Gasteiger charge is -2.26. The van der Waals surface area contributed by atoms with Crippen LogP contribution in [0.25, 0.3) is 17.4 Å². The van der Waals surface area contributed by atoms with Crippen LogP contribution in [0.2, 0.25) is 0 Å². The van der Waals surface area contributed by atoms with Gasteiger partial charge < -0.3 is 13.9 Å². The molecule has 1 saturated heterocycles. The highest BCUT2D eigenvalue weighted by atomic mass is 16.6. The Morgan fingerprint density at radius 2 is 1.74 bits per heavy atom. The van der Waals surface area contributed by atoms with Crippen LogP contribution in [0.1, 0.15) is 5.76 Å². The normalized spacial score (nSPS) is 14.8. The van der Waals surface area contributed by atoms with Crippen LogP contribution in [0.4, 0.5) is 16.2 Å². The molecule has 4 amide bonds. The van der Waals surface area contributed by atoms with Crippen LogP contribution in [-0.2, 0) is 9.59 Å². The third kappa shape index (κ3) is 4.09. The lowest BCUT2D eigenvalue weighted by molar-refractivity contribution is -0.384. The number of benzene rings is 2. The predicted octanol–water partition coefficient (Wildman–Crippen LogP) is 3.54. The molecular formula is C23H17N3O8. The van der Waals surface area contributed by atoms with Crippen molar-refractivity contribution in [2.24, 2.45) is 0 Å². The average Bonchev–Trinajstić information content (AvgIpc) is 3.30. The van der Waals surface area contributed by atoms with Gasteiger partial charge in [-0.25, -0.2) is 9.69 Å². The van der Waals surface area contributed by atoms with E-state index in [0.717, 1.165) is 4.90 Å². The Morgan fingerprint density at radius 3 is 2.38 bits per heavy atom. The van der Waals surface area contributed by atoms with Crippen molar-refractivity contribution in [3.05, 3.63) is 76.0 Å². The lowest BCUT2D eigenvalue weighted by Crippen LogP contribution is -2.54. The summed E-state index contributed by atoms with van der Waals surface area (Å²) >= 11 is 0. The number of hydrogen-bond donors (Lipinski definition) is 1. The number of barbiturate groups is 1. The maximum Gasteiger partial charge on any atom is 0.335 e. The number of nitro groups is 1. The average molecular weight is 463 g/mol. The molecule has 0 atom stereocenters. The minimum Gasteiger partial charge on any atom is -0.497 e. The number of furan rings is 1. The van der Waals surface area contributed by atoms with Gasteiger partial charge in [-0.1, -0.05) is 0 Å². The standard InChI is InChI=1S/C23H17N3O8/c1-32-15-6-3-13(4-7-15)25-22(28)18(21(27)24-23(25)29)12-16-8-10-19(34-16)17-9-5-14(26(30)31)11-20(17)33-2/h3-12H,1-2H3,(H,24,27,29)/b18-12+. The summed E-state index contributed by atoms with van der Waals surface area (Å²) in [5, 5.41) is 13.1. The van der Waals surface area contributed by atoms with E-state index in [1.807, 2.05) is 0 Å². The molecular weight excluding hydrogens is 446 g/mol. The van der Waals surface area contributed by atoms with Gasteiger partial charge in [0.2, 0.25) is 0 Å². The maximum absolute atomic E-state index is 13.0. The first-order valence-electron chi connectivity index (χ1n) is 9.80. The van der Waals surface area contributed by atoms with Crippen molar-refractivity contribution in [1.29, 1.82) is 0 Å². The second-order valence-electron chi connectivity index (χ2n) is 7.00. The summed E-state index contributed by atoms with van der Waals surface area (Å²) in [5.41, 5.74) is 0.221. The van der Waals surface area contributed by atoms with Gasteiger partial charge in [-0.3, -0.25) is 25.0 Å². The maximum atomic E-state index is 13.0. The first-order valence-corrected chi connectivity index (χ1v) is 9.80. The molecule has 0 radical (unpaired) electrons. The molecule has 11 nitrogen and oxygen atoms in total. The van der Waals surface area contributed by atoms with E-state index in [2.05, 4.69) is 5.32 Å². The Hall–Kier alpha value is -4.93. The van der Waals surface area contributed by atoms with Crippen molar-refractivity contribution in [1.82, 2.24) is 5.32 Å². The summed E-state index contributed by atoms with van der Waals surface area (Å²) in [4.78, 5) is 49.0. The van der Waals surface area contributed by atoms with Crippen LogP contribution in [0.15, 0.2) is 64.6 Å². The molecule has 1 aliphatic rings. The molecule has 0 spiro atoms. The molecule has 11 heteroatoms. The number of amides is 4. The Kier molecular flexibility index (Phi) is 5.83. The minimum atomic E-state index is -0.881. The number of non-ortho nitro benzene ring substituents is 1. The second kappa shape index (κ2) is 8.90. The van der Waals surface area contributed by atoms with E-state index >= 15 is 0 Å². The SMILES string of the molecule is COc1ccc(N2C(=O)NC(=O)/C(=C\c3ccc(-c4ccc([N+](=O)[O-])cc4OC)o3)C2=O)cc1. The van der Waals surface area contributed by atoms with Gasteiger partial charge >= 0.3 is 6.03 Å². The largest absolute Gasteiger partial charge is 0.497 e. The Morgan fingerprint density at radius 1 is 1.00 bits per heavy atom. The molecule has 1 N–H and O–H groups in total. The Labute approximate surface area is 192 Å². The van der Waals surface area contributed by atoms with Gasteiger partial charge in [0, 0.05) is 6.07 Å². The number of ether oxygens (including phenoxy) is 2. The van der Waals surface area contributed by atoms with Gasteiger partial charge in [-0.2, -0.15) is 0 Å². The number of anilines is 1. The van der Waals surface area contributed by atoms with Crippen molar-refractivity contribution in [2.45, 2.75) is 0 Å². The summed E-state index contributed by atoms with van der Waals surface area (Å²) in [6, 6.07) is 12.4. The number of methoxy groups -OCH3 is 2. The van der Waals surface area contributed by atoms with Crippen molar-refractivity contribution < 1.29 is 33.2 Å². The Balaban J connectivity index is 1.66. The van der Waals surface area contributed by atoms with E-state index in [4.69, 9.17) is 13.9 Å². The molecule has 0 aliphatic carbocycles. The molecule has 1 aliphatic heterocycles. The number of nitrogens with one attached hydrogen (secondary N) is 1. The molecule has 172 valence electrons. The fraction of sp³-hybridized carbons (Fsp3) is 0.0870. The van der Waals surface area contributed by atoms with Gasteiger partial charge in [0.15, 0.2) is 0 Å². The topological polar surface area (TPSA) is 141 Å². The van der Waals surface area contributed by atoms with Gasteiger partial charge in [-0.05, 0) is 48.5 Å². The van der Waals surface area contributed by atoms with Crippen LogP contribution in [0.3, 0.4) is 0 Å². The number of rotatable bonds is 6. The number of urea groups is 1. The number of carbonyl (C=O) groups excluding carboxylic acids is 3. The van der Waals surface area contributed by atoms with Gasteiger partial charge in [0.25, 0.3) is 17.5 Å². The van der Waals surface area contributed by atoms with Gasteiger partial charge in [0.05, 0.1) is 36.5 Å². The fourth-order valence-electron chi connectivity index (χ4n) is 3.34. The molecule has 0 bridgehead atoms. The van der Waals surface area contributed by atoms with E-state index in [0.29, 0.717) is 17.1 Å². The second-order valence-corrected chi connectivity index (χ2v) is 7.00. The van der Waals surface area contributed by atoms with Crippen LogP contribution in [0, 0.1) is 10.1 Å². The molecule has 1 aromatic heterocycles. The van der Waals surface area contributed by atoms with E-state index in [9.17, 15) is 24.5 Å². The van der Waals surface area contributed by atoms with Gasteiger partial charge in [0.1, 0.15) is 28.6 Å². The van der Waals surface area contributed by atoms with Crippen molar-refractivity contribution in [3.63, 3.8) is 0 Å². The molecule has 0 unspecified atom stereocenters. The molecule has 2 aromatic carbocycles. The minimum absolute atomic E-state index is 0.151. The monoisotopic (exact) mass is 463 g/mol. The summed E-state index contributed by atoms with van der Waals surface area (Å²) in [6.45, 7) is 0. The van der Waals surface area contributed by atoms with E-state index in [1.165, 1.54) is 56.7 Å². The number of imide groups is 2. The molecule has 0 saturated carbocycles. The summed E-state index contributed by atoms with van der Waals surface area (Å²) in [6.07, 6.45) is 1.21. The number of carbonyl (C=O) groups is 3. The first kappa shape index (κ1) is 22.3. The summed E-state index contributed by atoms with van der Waals surface area (Å²) < 4.78 is 16.0. The zero-order valence-corrected chi connectivity index (χ0v) is 17.9. The zero-order chi connectivity index (χ0) is 24.4. The lowest BCUT2D eigenvalue weighted by atomic mass is 10.1. The smallest absolute Gasteiger partial charge is 0.335 e. The third-order valence-electron chi connectivity index (χ3n) is 5.01. The van der Waals surface area contributed by atoms with Crippen LogP contribution >= 0.6 is 0 Å². The molecule has 2 heterocycles. The number of hydrogen-bond acceptors (Lipinski definition) is 8. The van der Waals surface area contributed by atoms with Crippen LogP contribution in [0.5, 0.6) is 11.5 Å². The zero-order valence-electron chi connectivity index (χ0n) is 17.9. The highest BCUT2D eigenvalue weighted by Crippen LogP contribution is 2.35. The summed E-state index contributed by atoms with van der Waals surface area (Å²) in [7, 11) is 2.85. The summed E-state index contributed by atoms with van der Waals surface area (Å²) in [5.74, 6) is -0.505. The van der Waals surface area contributed by atoms with Crippen molar-refractivity contribution in [3.8, 4) is 22.8 Å². The van der Waals surface area contributed by atoms with E-state index in [1.54, 1.807) is 18.2 Å².